The van der Waals surface area contributed by atoms with E-state index in [1.165, 1.54) is 0 Å². The first-order valence-corrected chi connectivity index (χ1v) is 9.64. The third-order valence-corrected chi connectivity index (χ3v) is 4.76. The highest BCUT2D eigenvalue weighted by Crippen LogP contribution is 2.41. The Bertz CT molecular complexity index is 934. The molecule has 0 fully saturated rings. The van der Waals surface area contributed by atoms with E-state index in [1.807, 2.05) is 92.7 Å². The maximum absolute atomic E-state index is 11.4. The maximum atomic E-state index is 11.4. The number of hydrogen-bond donors (Lipinski definition) is 1. The highest BCUT2D eigenvalue weighted by atomic mass is 16.5. The summed E-state index contributed by atoms with van der Waals surface area (Å²) >= 11 is 0. The Hall–Kier alpha value is -3.27. The lowest BCUT2D eigenvalue weighted by Gasteiger charge is -2.27. The summed E-state index contributed by atoms with van der Waals surface area (Å²) in [5, 5.41) is 9.36. The standard InChI is InChI=1S/C25H26O4/c1-25(2,16-23(26)27)21-14-9-15-22(28-17-19-10-5-3-6-11-19)24(21)29-18-20-12-7-4-8-13-20/h3-15H,16-18H2,1-2H3,(H,26,27). The topological polar surface area (TPSA) is 55.8 Å². The average Bonchev–Trinajstić information content (AvgIpc) is 2.71. The highest BCUT2D eigenvalue weighted by Gasteiger charge is 2.29. The van der Waals surface area contributed by atoms with Crippen molar-refractivity contribution in [2.75, 3.05) is 0 Å². The van der Waals surface area contributed by atoms with Crippen LogP contribution in [0.2, 0.25) is 0 Å². The van der Waals surface area contributed by atoms with Crippen LogP contribution in [0.25, 0.3) is 0 Å². The van der Waals surface area contributed by atoms with Gasteiger partial charge < -0.3 is 14.6 Å². The molecule has 3 aromatic carbocycles. The van der Waals surface area contributed by atoms with Crippen molar-refractivity contribution in [1.29, 1.82) is 0 Å². The van der Waals surface area contributed by atoms with Crippen LogP contribution in [-0.4, -0.2) is 11.1 Å². The van der Waals surface area contributed by atoms with E-state index < -0.39 is 11.4 Å². The molecule has 1 N–H and O–H groups in total. The molecule has 0 aromatic heterocycles. The van der Waals surface area contributed by atoms with E-state index in [4.69, 9.17) is 9.47 Å². The number of benzene rings is 3. The molecule has 150 valence electrons. The van der Waals surface area contributed by atoms with Crippen LogP contribution < -0.4 is 9.47 Å². The van der Waals surface area contributed by atoms with Crippen molar-refractivity contribution in [2.24, 2.45) is 0 Å². The molecular weight excluding hydrogens is 364 g/mol. The fourth-order valence-electron chi connectivity index (χ4n) is 3.25. The summed E-state index contributed by atoms with van der Waals surface area (Å²) < 4.78 is 12.3. The zero-order chi connectivity index (χ0) is 20.7. The summed E-state index contributed by atoms with van der Waals surface area (Å²) in [5.74, 6) is 0.360. The summed E-state index contributed by atoms with van der Waals surface area (Å²) in [6, 6.07) is 25.5. The van der Waals surface area contributed by atoms with E-state index in [1.54, 1.807) is 0 Å². The second-order valence-corrected chi connectivity index (χ2v) is 7.64. The summed E-state index contributed by atoms with van der Waals surface area (Å²) in [6.45, 7) is 4.60. The van der Waals surface area contributed by atoms with Crippen molar-refractivity contribution in [3.63, 3.8) is 0 Å². The van der Waals surface area contributed by atoms with E-state index >= 15 is 0 Å². The zero-order valence-corrected chi connectivity index (χ0v) is 16.8. The van der Waals surface area contributed by atoms with Crippen LogP contribution in [0.5, 0.6) is 11.5 Å². The SMILES string of the molecule is CC(C)(CC(=O)O)c1cccc(OCc2ccccc2)c1OCc1ccccc1. The molecule has 0 bridgehead atoms. The Morgan fingerprint density at radius 3 is 1.90 bits per heavy atom. The van der Waals surface area contributed by atoms with Gasteiger partial charge in [-0.15, -0.1) is 0 Å². The van der Waals surface area contributed by atoms with Gasteiger partial charge in [-0.25, -0.2) is 0 Å². The largest absolute Gasteiger partial charge is 0.485 e. The molecule has 29 heavy (non-hydrogen) atoms. The van der Waals surface area contributed by atoms with Gasteiger partial charge in [-0.1, -0.05) is 86.6 Å². The van der Waals surface area contributed by atoms with Crippen molar-refractivity contribution in [3.8, 4) is 11.5 Å². The van der Waals surface area contributed by atoms with Gasteiger partial charge in [0.15, 0.2) is 11.5 Å². The zero-order valence-electron chi connectivity index (χ0n) is 16.8. The molecular formula is C25H26O4. The smallest absolute Gasteiger partial charge is 0.304 e. The molecule has 4 nitrogen and oxygen atoms in total. The summed E-state index contributed by atoms with van der Waals surface area (Å²) in [7, 11) is 0. The van der Waals surface area contributed by atoms with E-state index in [9.17, 15) is 9.90 Å². The Morgan fingerprint density at radius 2 is 1.34 bits per heavy atom. The van der Waals surface area contributed by atoms with Crippen LogP contribution in [0.4, 0.5) is 0 Å². The lowest BCUT2D eigenvalue weighted by Crippen LogP contribution is -2.23. The molecule has 0 aliphatic carbocycles. The predicted molar refractivity (Wildman–Crippen MR) is 113 cm³/mol. The van der Waals surface area contributed by atoms with E-state index in [0.717, 1.165) is 16.7 Å². The second-order valence-electron chi connectivity index (χ2n) is 7.64. The van der Waals surface area contributed by atoms with Gasteiger partial charge in [0, 0.05) is 11.0 Å². The van der Waals surface area contributed by atoms with E-state index in [-0.39, 0.29) is 6.42 Å². The molecule has 3 aromatic rings. The van der Waals surface area contributed by atoms with Gasteiger partial charge in [0.05, 0.1) is 6.42 Å². The number of ether oxygens (including phenoxy) is 2. The van der Waals surface area contributed by atoms with Crippen LogP contribution in [0.15, 0.2) is 78.9 Å². The van der Waals surface area contributed by atoms with Gasteiger partial charge in [-0.2, -0.15) is 0 Å². The molecule has 0 radical (unpaired) electrons. The Morgan fingerprint density at radius 1 is 0.793 bits per heavy atom. The van der Waals surface area contributed by atoms with Gasteiger partial charge >= 0.3 is 5.97 Å². The molecule has 0 unspecified atom stereocenters. The summed E-state index contributed by atoms with van der Waals surface area (Å²) in [6.07, 6.45) is -0.00314. The van der Waals surface area contributed by atoms with Crippen LogP contribution in [-0.2, 0) is 23.4 Å². The van der Waals surface area contributed by atoms with Gasteiger partial charge in [-0.05, 0) is 17.2 Å². The molecule has 0 aliphatic rings. The maximum Gasteiger partial charge on any atom is 0.304 e. The lowest BCUT2D eigenvalue weighted by molar-refractivity contribution is -0.138. The second kappa shape index (κ2) is 9.28. The van der Waals surface area contributed by atoms with Crippen molar-refractivity contribution < 1.29 is 19.4 Å². The lowest BCUT2D eigenvalue weighted by atomic mass is 9.81. The number of rotatable bonds is 9. The molecule has 3 rings (SSSR count). The first-order chi connectivity index (χ1) is 14.0. The molecule has 0 heterocycles. The number of carboxylic acid groups (broad SMARTS) is 1. The van der Waals surface area contributed by atoms with Crippen molar-refractivity contribution in [1.82, 2.24) is 0 Å². The van der Waals surface area contributed by atoms with Crippen LogP contribution in [0, 0.1) is 0 Å². The molecule has 0 spiro atoms. The Kier molecular flexibility index (Phi) is 6.55. The Labute approximate surface area is 171 Å². The number of aliphatic carboxylic acids is 1. The molecule has 0 amide bonds. The summed E-state index contributed by atoms with van der Waals surface area (Å²) in [5.41, 5.74) is 2.30. The number of carbonyl (C=O) groups is 1. The average molecular weight is 390 g/mol. The predicted octanol–water partition coefficient (Wildman–Crippen LogP) is 5.60. The van der Waals surface area contributed by atoms with Crippen LogP contribution in [0.3, 0.4) is 0 Å². The van der Waals surface area contributed by atoms with Gasteiger partial charge in [0.1, 0.15) is 13.2 Å². The summed E-state index contributed by atoms with van der Waals surface area (Å²) in [4.78, 5) is 11.4. The quantitative estimate of drug-likeness (QED) is 0.517. The number of para-hydroxylation sites is 1. The monoisotopic (exact) mass is 390 g/mol. The molecule has 0 aliphatic heterocycles. The highest BCUT2D eigenvalue weighted by molar-refractivity contribution is 5.69. The normalized spacial score (nSPS) is 11.1. The molecule has 0 saturated heterocycles. The van der Waals surface area contributed by atoms with E-state index in [2.05, 4.69) is 0 Å². The minimum absolute atomic E-state index is 0.00314. The number of hydrogen-bond acceptors (Lipinski definition) is 3. The van der Waals surface area contributed by atoms with Gasteiger partial charge in [0.2, 0.25) is 0 Å². The van der Waals surface area contributed by atoms with Crippen molar-refractivity contribution in [2.45, 2.75) is 38.9 Å². The number of carboxylic acids is 1. The third kappa shape index (κ3) is 5.61. The minimum atomic E-state index is -0.848. The van der Waals surface area contributed by atoms with Gasteiger partial charge in [0.25, 0.3) is 0 Å². The van der Waals surface area contributed by atoms with Crippen molar-refractivity contribution in [3.05, 3.63) is 95.6 Å². The fraction of sp³-hybridized carbons (Fsp3) is 0.240. The third-order valence-electron chi connectivity index (χ3n) is 4.76. The Balaban J connectivity index is 1.91. The first-order valence-electron chi connectivity index (χ1n) is 9.64. The van der Waals surface area contributed by atoms with Crippen LogP contribution >= 0.6 is 0 Å². The first kappa shape index (κ1) is 20.5. The van der Waals surface area contributed by atoms with Gasteiger partial charge in [-0.3, -0.25) is 4.79 Å². The molecule has 0 saturated carbocycles. The van der Waals surface area contributed by atoms with E-state index in [0.29, 0.717) is 24.7 Å². The molecule has 4 heteroatoms. The van der Waals surface area contributed by atoms with Crippen LogP contribution in [0.1, 0.15) is 37.0 Å². The minimum Gasteiger partial charge on any atom is -0.485 e. The molecule has 0 atom stereocenters. The van der Waals surface area contributed by atoms with Crippen molar-refractivity contribution >= 4 is 5.97 Å². The fourth-order valence-corrected chi connectivity index (χ4v) is 3.25.